The van der Waals surface area contributed by atoms with E-state index in [9.17, 15) is 0 Å². The zero-order valence-electron chi connectivity index (χ0n) is 13.7. The van der Waals surface area contributed by atoms with Gasteiger partial charge in [-0.2, -0.15) is 10.1 Å². The van der Waals surface area contributed by atoms with Crippen LogP contribution < -0.4 is 20.1 Å². The van der Waals surface area contributed by atoms with Gasteiger partial charge in [0.15, 0.2) is 17.3 Å². The van der Waals surface area contributed by atoms with E-state index < -0.39 is 0 Å². The number of ether oxygens (including phenoxy) is 2. The van der Waals surface area contributed by atoms with Gasteiger partial charge in [-0.15, -0.1) is 5.10 Å². The van der Waals surface area contributed by atoms with Crippen molar-refractivity contribution in [2.75, 3.05) is 17.4 Å². The van der Waals surface area contributed by atoms with Crippen LogP contribution in [-0.2, 0) is 6.42 Å². The molecule has 0 amide bonds. The average Bonchev–Trinajstić information content (AvgIpc) is 3.10. The van der Waals surface area contributed by atoms with Crippen molar-refractivity contribution in [1.29, 1.82) is 0 Å². The maximum atomic E-state index is 5.37. The van der Waals surface area contributed by atoms with Gasteiger partial charge in [-0.25, -0.2) is 0 Å². The fourth-order valence-corrected chi connectivity index (χ4v) is 2.61. The summed E-state index contributed by atoms with van der Waals surface area (Å²) < 4.78 is 10.7. The van der Waals surface area contributed by atoms with E-state index in [1.807, 2.05) is 36.4 Å². The first kappa shape index (κ1) is 15.2. The fourth-order valence-electron chi connectivity index (χ4n) is 2.61. The molecular weight excluding hydrogens is 318 g/mol. The standard InChI is InChI=1S/C18H17N5O2/c1-2-12-5-3-4-6-14(12)21-17-10-19-23-18(22-17)20-13-7-8-15-16(9-13)25-11-24-15/h3-10H,2,11H2,1H3,(H2,20,21,22,23). The molecule has 0 atom stereocenters. The molecule has 126 valence electrons. The normalized spacial score (nSPS) is 12.0. The number of benzene rings is 2. The number of aromatic nitrogens is 3. The largest absolute Gasteiger partial charge is 0.454 e. The van der Waals surface area contributed by atoms with Gasteiger partial charge in [0.1, 0.15) is 0 Å². The molecule has 1 aliphatic heterocycles. The highest BCUT2D eigenvalue weighted by molar-refractivity contribution is 5.63. The molecule has 0 saturated carbocycles. The Bertz CT molecular complexity index is 900. The smallest absolute Gasteiger partial charge is 0.249 e. The highest BCUT2D eigenvalue weighted by Crippen LogP contribution is 2.34. The molecule has 2 heterocycles. The van der Waals surface area contributed by atoms with Crippen LogP contribution in [0, 0.1) is 0 Å². The topological polar surface area (TPSA) is 81.2 Å². The Morgan fingerprint density at radius 3 is 2.84 bits per heavy atom. The molecule has 0 fully saturated rings. The predicted octanol–water partition coefficient (Wildman–Crippen LogP) is 3.65. The molecule has 4 rings (SSSR count). The molecule has 1 aromatic heterocycles. The number of fused-ring (bicyclic) bond motifs is 1. The monoisotopic (exact) mass is 335 g/mol. The van der Waals surface area contributed by atoms with Gasteiger partial charge in [-0.05, 0) is 30.2 Å². The summed E-state index contributed by atoms with van der Waals surface area (Å²) in [4.78, 5) is 4.46. The minimum atomic E-state index is 0.243. The Hall–Kier alpha value is -3.35. The second-order valence-electron chi connectivity index (χ2n) is 5.49. The summed E-state index contributed by atoms with van der Waals surface area (Å²) in [5, 5.41) is 14.5. The maximum absolute atomic E-state index is 5.37. The summed E-state index contributed by atoms with van der Waals surface area (Å²) in [7, 11) is 0. The van der Waals surface area contributed by atoms with E-state index >= 15 is 0 Å². The van der Waals surface area contributed by atoms with E-state index in [0.29, 0.717) is 17.5 Å². The lowest BCUT2D eigenvalue weighted by Crippen LogP contribution is -2.03. The van der Waals surface area contributed by atoms with Gasteiger partial charge in [0.25, 0.3) is 0 Å². The number of nitrogens with zero attached hydrogens (tertiary/aromatic N) is 3. The van der Waals surface area contributed by atoms with Crippen LogP contribution in [0.2, 0.25) is 0 Å². The molecule has 0 bridgehead atoms. The average molecular weight is 335 g/mol. The summed E-state index contributed by atoms with van der Waals surface area (Å²) in [6, 6.07) is 13.7. The summed E-state index contributed by atoms with van der Waals surface area (Å²) in [6.07, 6.45) is 2.53. The molecule has 2 N–H and O–H groups in total. The number of aryl methyl sites for hydroxylation is 1. The molecule has 25 heavy (non-hydrogen) atoms. The van der Waals surface area contributed by atoms with Crippen LogP contribution in [0.15, 0.2) is 48.7 Å². The Morgan fingerprint density at radius 2 is 1.92 bits per heavy atom. The Balaban J connectivity index is 1.53. The van der Waals surface area contributed by atoms with Crippen LogP contribution in [-0.4, -0.2) is 22.0 Å². The first-order valence-electron chi connectivity index (χ1n) is 8.03. The summed E-state index contributed by atoms with van der Waals surface area (Å²) in [5.41, 5.74) is 3.03. The summed E-state index contributed by atoms with van der Waals surface area (Å²) in [5.74, 6) is 2.46. The summed E-state index contributed by atoms with van der Waals surface area (Å²) in [6.45, 7) is 2.36. The van der Waals surface area contributed by atoms with E-state index in [4.69, 9.17) is 9.47 Å². The third kappa shape index (κ3) is 3.30. The number of hydrogen-bond acceptors (Lipinski definition) is 7. The van der Waals surface area contributed by atoms with Gasteiger partial charge in [-0.3, -0.25) is 0 Å². The van der Waals surface area contributed by atoms with Crippen molar-refractivity contribution in [3.8, 4) is 11.5 Å². The first-order chi connectivity index (χ1) is 12.3. The molecule has 0 saturated heterocycles. The zero-order chi connectivity index (χ0) is 17.1. The predicted molar refractivity (Wildman–Crippen MR) is 94.8 cm³/mol. The molecule has 7 heteroatoms. The van der Waals surface area contributed by atoms with Gasteiger partial charge in [-0.1, -0.05) is 25.1 Å². The van der Waals surface area contributed by atoms with Crippen LogP contribution in [0.4, 0.5) is 23.1 Å². The second kappa shape index (κ2) is 6.64. The molecule has 0 aliphatic carbocycles. The third-order valence-corrected chi connectivity index (χ3v) is 3.85. The van der Waals surface area contributed by atoms with Crippen LogP contribution in [0.1, 0.15) is 12.5 Å². The van der Waals surface area contributed by atoms with E-state index in [1.54, 1.807) is 6.20 Å². The number of anilines is 4. The van der Waals surface area contributed by atoms with Crippen molar-refractivity contribution in [1.82, 2.24) is 15.2 Å². The van der Waals surface area contributed by atoms with Crippen LogP contribution in [0.5, 0.6) is 11.5 Å². The number of para-hydroxylation sites is 1. The van der Waals surface area contributed by atoms with E-state index in [-0.39, 0.29) is 6.79 Å². The van der Waals surface area contributed by atoms with Gasteiger partial charge in [0, 0.05) is 17.4 Å². The molecule has 0 unspecified atom stereocenters. The summed E-state index contributed by atoms with van der Waals surface area (Å²) >= 11 is 0. The lowest BCUT2D eigenvalue weighted by Gasteiger charge is -2.11. The fraction of sp³-hybridized carbons (Fsp3) is 0.167. The van der Waals surface area contributed by atoms with Crippen LogP contribution >= 0.6 is 0 Å². The van der Waals surface area contributed by atoms with Crippen LogP contribution in [0.25, 0.3) is 0 Å². The van der Waals surface area contributed by atoms with Crippen LogP contribution in [0.3, 0.4) is 0 Å². The van der Waals surface area contributed by atoms with Gasteiger partial charge in [0.05, 0.1) is 6.20 Å². The Kier molecular flexibility index (Phi) is 4.04. The Labute approximate surface area is 145 Å². The van der Waals surface area contributed by atoms with Gasteiger partial charge in [0.2, 0.25) is 12.7 Å². The van der Waals surface area contributed by atoms with Crippen molar-refractivity contribution >= 4 is 23.1 Å². The molecule has 7 nitrogen and oxygen atoms in total. The third-order valence-electron chi connectivity index (χ3n) is 3.85. The minimum Gasteiger partial charge on any atom is -0.454 e. The molecular formula is C18H17N5O2. The quantitative estimate of drug-likeness (QED) is 0.736. The molecule has 2 aromatic carbocycles. The van der Waals surface area contributed by atoms with Crippen molar-refractivity contribution in [2.24, 2.45) is 0 Å². The zero-order valence-corrected chi connectivity index (χ0v) is 13.7. The molecule has 3 aromatic rings. The molecule has 0 radical (unpaired) electrons. The van der Waals surface area contributed by atoms with E-state index in [0.717, 1.165) is 23.5 Å². The second-order valence-corrected chi connectivity index (χ2v) is 5.49. The highest BCUT2D eigenvalue weighted by Gasteiger charge is 2.13. The van der Waals surface area contributed by atoms with Crippen molar-refractivity contribution in [3.63, 3.8) is 0 Å². The lowest BCUT2D eigenvalue weighted by atomic mass is 10.1. The molecule has 0 spiro atoms. The SMILES string of the molecule is CCc1ccccc1Nc1cnnc(Nc2ccc3c(c2)OCO3)n1. The van der Waals surface area contributed by atoms with E-state index in [1.165, 1.54) is 5.56 Å². The molecule has 1 aliphatic rings. The lowest BCUT2D eigenvalue weighted by molar-refractivity contribution is 0.174. The Morgan fingerprint density at radius 1 is 1.04 bits per heavy atom. The van der Waals surface area contributed by atoms with Crippen molar-refractivity contribution < 1.29 is 9.47 Å². The highest BCUT2D eigenvalue weighted by atomic mass is 16.7. The van der Waals surface area contributed by atoms with Gasteiger partial charge < -0.3 is 20.1 Å². The van der Waals surface area contributed by atoms with Crippen molar-refractivity contribution in [3.05, 3.63) is 54.2 Å². The van der Waals surface area contributed by atoms with Gasteiger partial charge >= 0.3 is 0 Å². The van der Waals surface area contributed by atoms with Crippen molar-refractivity contribution in [2.45, 2.75) is 13.3 Å². The number of rotatable bonds is 5. The maximum Gasteiger partial charge on any atom is 0.249 e. The number of nitrogens with one attached hydrogen (secondary N) is 2. The number of hydrogen-bond donors (Lipinski definition) is 2. The van der Waals surface area contributed by atoms with E-state index in [2.05, 4.69) is 38.8 Å². The minimum absolute atomic E-state index is 0.243. The first-order valence-corrected chi connectivity index (χ1v) is 8.03.